The van der Waals surface area contributed by atoms with Crippen LogP contribution in [0.1, 0.15) is 22.8 Å². The van der Waals surface area contributed by atoms with E-state index in [1.54, 1.807) is 6.07 Å². The summed E-state index contributed by atoms with van der Waals surface area (Å²) in [4.78, 5) is 25.4. The summed E-state index contributed by atoms with van der Waals surface area (Å²) in [6.45, 7) is 5.65. The average Bonchev–Trinajstić information content (AvgIpc) is 2.57. The summed E-state index contributed by atoms with van der Waals surface area (Å²) in [5.41, 5.74) is 1.02. The summed E-state index contributed by atoms with van der Waals surface area (Å²) in [5, 5.41) is 9.65. The van der Waals surface area contributed by atoms with Crippen LogP contribution in [-0.4, -0.2) is 61.7 Å². The van der Waals surface area contributed by atoms with E-state index in [9.17, 15) is 14.7 Å². The quantitative estimate of drug-likeness (QED) is 0.611. The van der Waals surface area contributed by atoms with E-state index in [2.05, 4.69) is 4.90 Å². The summed E-state index contributed by atoms with van der Waals surface area (Å²) >= 11 is 0. The lowest BCUT2D eigenvalue weighted by Gasteiger charge is -2.40. The number of carboxylic acids is 1. The van der Waals surface area contributed by atoms with Crippen molar-refractivity contribution in [1.82, 2.24) is 4.90 Å². The van der Waals surface area contributed by atoms with E-state index in [0.717, 1.165) is 18.3 Å². The number of hydrogen-bond acceptors (Lipinski definition) is 6. The van der Waals surface area contributed by atoms with Gasteiger partial charge in [-0.05, 0) is 31.2 Å². The Morgan fingerprint density at radius 2 is 2.15 bits per heavy atom. The summed E-state index contributed by atoms with van der Waals surface area (Å²) in [6.07, 6.45) is 1.58. The number of fused-ring (bicyclic) bond motifs is 1. The number of hydrogen-bond donors (Lipinski definition) is 1. The molecule has 3 rings (SSSR count). The first-order valence-corrected chi connectivity index (χ1v) is 8.91. The van der Waals surface area contributed by atoms with Crippen molar-refractivity contribution < 1.29 is 28.8 Å². The van der Waals surface area contributed by atoms with Crippen molar-refractivity contribution in [1.29, 1.82) is 0 Å². The van der Waals surface area contributed by atoms with Crippen LogP contribution in [0.3, 0.4) is 0 Å². The van der Waals surface area contributed by atoms with Crippen LogP contribution in [-0.2, 0) is 16.0 Å². The molecular formula is C18H24BNO6. The molecule has 1 N–H and O–H groups in total. The predicted molar refractivity (Wildman–Crippen MR) is 96.2 cm³/mol. The first-order chi connectivity index (χ1) is 12.4. The second-order valence-corrected chi connectivity index (χ2v) is 7.08. The lowest BCUT2D eigenvalue weighted by Crippen LogP contribution is -2.55. The maximum atomic E-state index is 11.8. The highest BCUT2D eigenvalue weighted by molar-refractivity contribution is 6.51. The van der Waals surface area contributed by atoms with Crippen molar-refractivity contribution in [2.45, 2.75) is 32.6 Å². The zero-order chi connectivity index (χ0) is 18.8. The van der Waals surface area contributed by atoms with Crippen LogP contribution in [0.25, 0.3) is 0 Å². The number of esters is 1. The average molecular weight is 361 g/mol. The number of aryl methyl sites for hydroxylation is 1. The third-order valence-electron chi connectivity index (χ3n) is 4.91. The normalized spacial score (nSPS) is 18.3. The highest BCUT2D eigenvalue weighted by Crippen LogP contribution is 2.37. The van der Waals surface area contributed by atoms with Crippen LogP contribution in [0.2, 0.25) is 13.1 Å². The van der Waals surface area contributed by atoms with Gasteiger partial charge in [-0.25, -0.2) is 4.79 Å². The van der Waals surface area contributed by atoms with Crippen LogP contribution in [0, 0.1) is 5.92 Å². The molecule has 2 aliphatic rings. The number of carbonyl (C=O) groups is 2. The van der Waals surface area contributed by atoms with Crippen molar-refractivity contribution in [3.63, 3.8) is 0 Å². The molecule has 1 atom stereocenters. The van der Waals surface area contributed by atoms with Crippen LogP contribution < -0.4 is 9.39 Å². The molecule has 26 heavy (non-hydrogen) atoms. The lowest BCUT2D eigenvalue weighted by molar-refractivity contribution is -0.146. The monoisotopic (exact) mass is 361 g/mol. The fourth-order valence-corrected chi connectivity index (χ4v) is 3.45. The Labute approximate surface area is 153 Å². The molecule has 0 spiro atoms. The van der Waals surface area contributed by atoms with Gasteiger partial charge in [-0.3, -0.25) is 9.69 Å². The molecule has 1 fully saturated rings. The zero-order valence-corrected chi connectivity index (χ0v) is 15.4. The number of ether oxygens (including phenoxy) is 2. The number of methoxy groups -OCH3 is 1. The molecule has 1 unspecified atom stereocenters. The highest BCUT2D eigenvalue weighted by atomic mass is 16.5. The maximum Gasteiger partial charge on any atom is 0.354 e. The molecule has 2 aliphatic heterocycles. The Kier molecular flexibility index (Phi) is 5.41. The van der Waals surface area contributed by atoms with E-state index in [4.69, 9.17) is 14.1 Å². The molecule has 8 heteroatoms. The fourth-order valence-electron chi connectivity index (χ4n) is 3.45. The molecule has 0 amide bonds. The van der Waals surface area contributed by atoms with Gasteiger partial charge in [0.05, 0.1) is 13.0 Å². The van der Waals surface area contributed by atoms with Crippen LogP contribution >= 0.6 is 0 Å². The molecule has 0 saturated carbocycles. The van der Waals surface area contributed by atoms with Crippen molar-refractivity contribution in [3.05, 3.63) is 23.3 Å². The number of nitrogens with zero attached hydrogens (tertiary/aromatic N) is 1. The van der Waals surface area contributed by atoms with E-state index in [0.29, 0.717) is 31.1 Å². The Hall–Kier alpha value is -2.22. The van der Waals surface area contributed by atoms with E-state index < -0.39 is 5.97 Å². The topological polar surface area (TPSA) is 85.3 Å². The van der Waals surface area contributed by atoms with Crippen molar-refractivity contribution in [3.8, 4) is 11.5 Å². The summed E-state index contributed by atoms with van der Waals surface area (Å²) in [7, 11) is 1.38. The van der Waals surface area contributed by atoms with Gasteiger partial charge in [-0.1, -0.05) is 13.0 Å². The first-order valence-electron chi connectivity index (χ1n) is 8.91. The van der Waals surface area contributed by atoms with Gasteiger partial charge in [0, 0.05) is 19.6 Å². The Morgan fingerprint density at radius 3 is 2.81 bits per heavy atom. The van der Waals surface area contributed by atoms with Crippen molar-refractivity contribution in [2.75, 3.05) is 26.7 Å². The zero-order valence-electron chi connectivity index (χ0n) is 15.4. The standard InChI is InChI=1S/C18H24BNO6/c1-11(18(23)24-3)8-20-9-13(10-20)25-14-5-4-12-6-7-19(2)26-16(12)15(14)17(21)22/h4-5,11,13H,6-10H2,1-3H3,(H,21,22). The number of likely N-dealkylation sites (tertiary alicyclic amines) is 1. The van der Waals surface area contributed by atoms with Gasteiger partial charge < -0.3 is 19.2 Å². The minimum absolute atomic E-state index is 0.00477. The molecule has 1 saturated heterocycles. The maximum absolute atomic E-state index is 11.8. The third-order valence-corrected chi connectivity index (χ3v) is 4.91. The van der Waals surface area contributed by atoms with E-state index in [1.807, 2.05) is 19.8 Å². The summed E-state index contributed by atoms with van der Waals surface area (Å²) in [5.74, 6) is -0.695. The van der Waals surface area contributed by atoms with Crippen LogP contribution in [0.15, 0.2) is 12.1 Å². The van der Waals surface area contributed by atoms with Crippen molar-refractivity contribution >= 4 is 18.9 Å². The third kappa shape index (κ3) is 3.80. The van der Waals surface area contributed by atoms with Gasteiger partial charge in [0.15, 0.2) is 0 Å². The van der Waals surface area contributed by atoms with Gasteiger partial charge in [0.1, 0.15) is 23.2 Å². The number of rotatable bonds is 6. The molecule has 0 aliphatic carbocycles. The summed E-state index contributed by atoms with van der Waals surface area (Å²) in [6, 6.07) is 3.61. The lowest BCUT2D eigenvalue weighted by atomic mass is 9.64. The van der Waals surface area contributed by atoms with E-state index in [-0.39, 0.29) is 30.5 Å². The minimum atomic E-state index is -1.04. The largest absolute Gasteiger partial charge is 0.560 e. The highest BCUT2D eigenvalue weighted by Gasteiger charge is 2.34. The molecule has 2 heterocycles. The molecule has 1 aromatic rings. The number of carbonyl (C=O) groups excluding carboxylic acids is 1. The van der Waals surface area contributed by atoms with Crippen LogP contribution in [0.4, 0.5) is 0 Å². The molecule has 0 aromatic heterocycles. The van der Waals surface area contributed by atoms with Crippen LogP contribution in [0.5, 0.6) is 11.5 Å². The number of aromatic carboxylic acids is 1. The number of carboxylic acid groups (broad SMARTS) is 1. The smallest absolute Gasteiger partial charge is 0.354 e. The first kappa shape index (κ1) is 18.6. The summed E-state index contributed by atoms with van der Waals surface area (Å²) < 4.78 is 16.4. The SMILES string of the molecule is COC(=O)C(C)CN1CC(Oc2ccc3c(c2C(=O)O)OB(C)CC3)C1. The number of benzene rings is 1. The molecule has 0 radical (unpaired) electrons. The van der Waals surface area contributed by atoms with Gasteiger partial charge >= 0.3 is 18.9 Å². The predicted octanol–water partition coefficient (Wildman–Crippen LogP) is 1.81. The molecule has 7 nitrogen and oxygen atoms in total. The molecule has 1 aromatic carbocycles. The van der Waals surface area contributed by atoms with E-state index >= 15 is 0 Å². The Balaban J connectivity index is 1.65. The second kappa shape index (κ2) is 7.57. The molecular weight excluding hydrogens is 337 g/mol. The van der Waals surface area contributed by atoms with E-state index in [1.165, 1.54) is 7.11 Å². The Bertz CT molecular complexity index is 703. The van der Waals surface area contributed by atoms with Gasteiger partial charge in [-0.2, -0.15) is 0 Å². The van der Waals surface area contributed by atoms with Gasteiger partial charge in [0.25, 0.3) is 0 Å². The van der Waals surface area contributed by atoms with Gasteiger partial charge in [0.2, 0.25) is 0 Å². The fraction of sp³-hybridized carbons (Fsp3) is 0.556. The Morgan fingerprint density at radius 1 is 1.42 bits per heavy atom. The van der Waals surface area contributed by atoms with Gasteiger partial charge in [-0.15, -0.1) is 0 Å². The minimum Gasteiger partial charge on any atom is -0.560 e. The van der Waals surface area contributed by atoms with Crippen molar-refractivity contribution in [2.24, 2.45) is 5.92 Å². The second-order valence-electron chi connectivity index (χ2n) is 7.08. The molecule has 0 bridgehead atoms. The molecule has 140 valence electrons.